The van der Waals surface area contributed by atoms with Crippen molar-refractivity contribution in [2.45, 2.75) is 6.42 Å². The number of benzene rings is 2. The van der Waals surface area contributed by atoms with E-state index in [0.29, 0.717) is 11.5 Å². The van der Waals surface area contributed by atoms with Gasteiger partial charge in [0.15, 0.2) is 0 Å². The molecule has 1 aliphatic rings. The molecule has 0 unspecified atom stereocenters. The van der Waals surface area contributed by atoms with Gasteiger partial charge in [-0.3, -0.25) is 19.4 Å². The van der Waals surface area contributed by atoms with Crippen LogP contribution in [0.5, 0.6) is 11.5 Å². The van der Waals surface area contributed by atoms with Crippen molar-refractivity contribution < 1.29 is 23.9 Å². The van der Waals surface area contributed by atoms with E-state index >= 15 is 0 Å². The summed E-state index contributed by atoms with van der Waals surface area (Å²) < 4.78 is 11.1. The highest BCUT2D eigenvalue weighted by atomic mass is 16.5. The van der Waals surface area contributed by atoms with Crippen LogP contribution < -0.4 is 9.47 Å². The van der Waals surface area contributed by atoms with Gasteiger partial charge in [-0.1, -0.05) is 36.4 Å². The zero-order valence-electron chi connectivity index (χ0n) is 14.7. The first-order chi connectivity index (χ1) is 13.1. The third-order valence-electron chi connectivity index (χ3n) is 4.02. The normalized spacial score (nSPS) is 14.4. The molecule has 0 atom stereocenters. The van der Waals surface area contributed by atoms with Crippen LogP contribution in [0, 0.1) is 0 Å². The van der Waals surface area contributed by atoms with Gasteiger partial charge in [0.05, 0.1) is 13.1 Å². The highest BCUT2D eigenvalue weighted by Crippen LogP contribution is 2.14. The lowest BCUT2D eigenvalue weighted by Crippen LogP contribution is -2.56. The summed E-state index contributed by atoms with van der Waals surface area (Å²) in [5.41, 5.74) is 0. The van der Waals surface area contributed by atoms with Crippen LogP contribution >= 0.6 is 0 Å². The van der Waals surface area contributed by atoms with Gasteiger partial charge in [-0.05, 0) is 24.3 Å². The van der Waals surface area contributed by atoms with Crippen molar-refractivity contribution in [3.8, 4) is 11.5 Å². The van der Waals surface area contributed by atoms with Crippen LogP contribution in [0.2, 0.25) is 0 Å². The first kappa shape index (κ1) is 18.4. The summed E-state index contributed by atoms with van der Waals surface area (Å²) in [5, 5.41) is 0. The van der Waals surface area contributed by atoms with E-state index < -0.39 is 17.8 Å². The van der Waals surface area contributed by atoms with Gasteiger partial charge < -0.3 is 9.47 Å². The molecule has 1 fully saturated rings. The van der Waals surface area contributed by atoms with Crippen LogP contribution in [0.4, 0.5) is 4.79 Å². The predicted octanol–water partition coefficient (Wildman–Crippen LogP) is 2.33. The third-order valence-corrected chi connectivity index (χ3v) is 4.02. The van der Waals surface area contributed by atoms with E-state index in [1.807, 2.05) is 36.4 Å². The standard InChI is InChI=1S/C20H20N2O5/c23-18-15-19(24)22(12-14-27-17-9-5-2-6-10-17)20(25)21(18)11-13-26-16-7-3-1-4-8-16/h1-10H,11-15H2. The van der Waals surface area contributed by atoms with Gasteiger partial charge in [-0.15, -0.1) is 0 Å². The maximum atomic E-state index is 12.5. The number of urea groups is 1. The number of amides is 4. The van der Waals surface area contributed by atoms with E-state index in [0.717, 1.165) is 9.80 Å². The van der Waals surface area contributed by atoms with Crippen molar-refractivity contribution >= 4 is 17.8 Å². The van der Waals surface area contributed by atoms with E-state index in [9.17, 15) is 14.4 Å². The maximum absolute atomic E-state index is 12.5. The largest absolute Gasteiger partial charge is 0.492 e. The number of rotatable bonds is 8. The molecule has 7 nitrogen and oxygen atoms in total. The molecular formula is C20H20N2O5. The van der Waals surface area contributed by atoms with Crippen LogP contribution in [0.1, 0.15) is 6.42 Å². The van der Waals surface area contributed by atoms with Gasteiger partial charge in [0.2, 0.25) is 11.8 Å². The Morgan fingerprint density at radius 2 is 1.07 bits per heavy atom. The molecule has 0 aliphatic carbocycles. The van der Waals surface area contributed by atoms with Gasteiger partial charge in [-0.25, -0.2) is 4.79 Å². The highest BCUT2D eigenvalue weighted by Gasteiger charge is 2.37. The average molecular weight is 368 g/mol. The number of hydrogen-bond donors (Lipinski definition) is 0. The van der Waals surface area contributed by atoms with Gasteiger partial charge in [0.25, 0.3) is 0 Å². The Labute approximate surface area is 157 Å². The van der Waals surface area contributed by atoms with Gasteiger partial charge in [-0.2, -0.15) is 0 Å². The summed E-state index contributed by atoms with van der Waals surface area (Å²) in [6.07, 6.45) is -0.331. The minimum atomic E-state index is -0.635. The molecule has 0 radical (unpaired) electrons. The Kier molecular flexibility index (Phi) is 6.04. The molecule has 4 amide bonds. The second-order valence-electron chi connectivity index (χ2n) is 5.87. The van der Waals surface area contributed by atoms with Crippen LogP contribution in [-0.4, -0.2) is 53.9 Å². The smallest absolute Gasteiger partial charge is 0.333 e. The Morgan fingerprint density at radius 3 is 1.48 bits per heavy atom. The number of nitrogens with zero attached hydrogens (tertiary/aromatic N) is 2. The van der Waals surface area contributed by atoms with E-state index in [2.05, 4.69) is 0 Å². The summed E-state index contributed by atoms with van der Waals surface area (Å²) in [5.74, 6) is 0.279. The fourth-order valence-electron chi connectivity index (χ4n) is 2.66. The molecular weight excluding hydrogens is 348 g/mol. The second kappa shape index (κ2) is 8.84. The molecule has 27 heavy (non-hydrogen) atoms. The highest BCUT2D eigenvalue weighted by molar-refractivity contribution is 6.14. The van der Waals surface area contributed by atoms with Gasteiger partial charge in [0, 0.05) is 0 Å². The lowest BCUT2D eigenvalue weighted by atomic mass is 10.2. The van der Waals surface area contributed by atoms with Crippen molar-refractivity contribution in [2.24, 2.45) is 0 Å². The SMILES string of the molecule is O=C1CC(=O)N(CCOc2ccccc2)C(=O)N1CCOc1ccccc1. The minimum Gasteiger partial charge on any atom is -0.492 e. The molecule has 1 aliphatic heterocycles. The van der Waals surface area contributed by atoms with Crippen LogP contribution in [-0.2, 0) is 9.59 Å². The van der Waals surface area contributed by atoms with Crippen LogP contribution in [0.15, 0.2) is 60.7 Å². The average Bonchev–Trinajstić information content (AvgIpc) is 2.68. The number of barbiturate groups is 1. The molecule has 1 heterocycles. The van der Waals surface area contributed by atoms with Crippen molar-refractivity contribution in [3.05, 3.63) is 60.7 Å². The number of hydrogen-bond acceptors (Lipinski definition) is 5. The molecule has 2 aromatic carbocycles. The third kappa shape index (κ3) is 4.84. The van der Waals surface area contributed by atoms with Gasteiger partial charge in [0.1, 0.15) is 31.1 Å². The summed E-state index contributed by atoms with van der Waals surface area (Å²) >= 11 is 0. The Bertz CT molecular complexity index is 729. The minimum absolute atomic E-state index is 0.0792. The maximum Gasteiger partial charge on any atom is 0.333 e. The molecule has 0 spiro atoms. The zero-order valence-corrected chi connectivity index (χ0v) is 14.7. The van der Waals surface area contributed by atoms with Crippen molar-refractivity contribution in [1.82, 2.24) is 9.80 Å². The molecule has 7 heteroatoms. The molecule has 0 N–H and O–H groups in total. The number of carbonyl (C=O) groups is 3. The van der Waals surface area contributed by atoms with E-state index in [1.165, 1.54) is 0 Å². The fraction of sp³-hybridized carbons (Fsp3) is 0.250. The number of para-hydroxylation sites is 2. The fourth-order valence-corrected chi connectivity index (χ4v) is 2.66. The number of imide groups is 2. The molecule has 140 valence electrons. The molecule has 0 saturated carbocycles. The Balaban J connectivity index is 1.53. The second-order valence-corrected chi connectivity index (χ2v) is 5.87. The lowest BCUT2D eigenvalue weighted by molar-refractivity contribution is -0.142. The molecule has 0 aromatic heterocycles. The summed E-state index contributed by atoms with van der Waals surface area (Å²) in [6.45, 7) is 0.472. The first-order valence-electron chi connectivity index (χ1n) is 8.65. The predicted molar refractivity (Wildman–Crippen MR) is 97.3 cm³/mol. The molecule has 2 aromatic rings. The Hall–Kier alpha value is -3.35. The molecule has 1 saturated heterocycles. The zero-order chi connectivity index (χ0) is 19.1. The monoisotopic (exact) mass is 368 g/mol. The summed E-state index contributed by atoms with van der Waals surface area (Å²) in [6, 6.07) is 17.6. The van der Waals surface area contributed by atoms with E-state index in [1.54, 1.807) is 24.3 Å². The quantitative estimate of drug-likeness (QED) is 0.669. The number of carbonyl (C=O) groups excluding carboxylic acids is 3. The lowest BCUT2D eigenvalue weighted by Gasteiger charge is -2.32. The number of ether oxygens (including phenoxy) is 2. The van der Waals surface area contributed by atoms with E-state index in [-0.39, 0.29) is 32.7 Å². The topological polar surface area (TPSA) is 76.2 Å². The Morgan fingerprint density at radius 1 is 0.667 bits per heavy atom. The van der Waals surface area contributed by atoms with Gasteiger partial charge >= 0.3 is 6.03 Å². The van der Waals surface area contributed by atoms with Crippen molar-refractivity contribution in [3.63, 3.8) is 0 Å². The van der Waals surface area contributed by atoms with Crippen molar-refractivity contribution in [1.29, 1.82) is 0 Å². The van der Waals surface area contributed by atoms with Crippen LogP contribution in [0.25, 0.3) is 0 Å². The molecule has 3 rings (SSSR count). The van der Waals surface area contributed by atoms with Crippen molar-refractivity contribution in [2.75, 3.05) is 26.3 Å². The summed E-state index contributed by atoms with van der Waals surface area (Å²) in [4.78, 5) is 38.8. The first-order valence-corrected chi connectivity index (χ1v) is 8.65. The van der Waals surface area contributed by atoms with Crippen LogP contribution in [0.3, 0.4) is 0 Å². The van der Waals surface area contributed by atoms with E-state index in [4.69, 9.17) is 9.47 Å². The summed E-state index contributed by atoms with van der Waals surface area (Å²) in [7, 11) is 0. The molecule has 0 bridgehead atoms.